The second kappa shape index (κ2) is 6.60. The highest BCUT2D eigenvalue weighted by atomic mass is 16.5. The lowest BCUT2D eigenvalue weighted by Gasteiger charge is -2.33. The quantitative estimate of drug-likeness (QED) is 0.626. The predicted molar refractivity (Wildman–Crippen MR) is 90.1 cm³/mol. The zero-order valence-electron chi connectivity index (χ0n) is 14.3. The maximum absolute atomic E-state index is 13.0. The van der Waals surface area contributed by atoms with Crippen molar-refractivity contribution >= 4 is 18.5 Å². The molecule has 1 N–H and O–H groups in total. The van der Waals surface area contributed by atoms with E-state index in [4.69, 9.17) is 10.00 Å². The summed E-state index contributed by atoms with van der Waals surface area (Å²) in [4.78, 5) is 26.9. The molecule has 2 amide bonds. The van der Waals surface area contributed by atoms with Crippen molar-refractivity contribution in [1.82, 2.24) is 10.2 Å². The van der Waals surface area contributed by atoms with Crippen LogP contribution in [0, 0.1) is 16.6 Å². The van der Waals surface area contributed by atoms with Gasteiger partial charge in [-0.05, 0) is 19.8 Å². The molecule has 1 spiro atoms. The summed E-state index contributed by atoms with van der Waals surface area (Å²) in [5.41, 5.74) is 0.0849. The van der Waals surface area contributed by atoms with Crippen LogP contribution in [-0.2, 0) is 14.3 Å². The van der Waals surface area contributed by atoms with E-state index in [-0.39, 0.29) is 42.5 Å². The molecule has 2 aliphatic heterocycles. The molecule has 0 aromatic heterocycles. The first-order valence-electron chi connectivity index (χ1n) is 8.74. The summed E-state index contributed by atoms with van der Waals surface area (Å²) in [5, 5.41) is 11.6. The number of allylic oxidation sites excluding steroid dienone is 2. The molecule has 3 rings (SSSR count). The van der Waals surface area contributed by atoms with E-state index >= 15 is 0 Å². The fourth-order valence-electron chi connectivity index (χ4n) is 4.20. The smallest absolute Gasteiger partial charge is 0.274 e. The molecule has 6 nitrogen and oxygen atoms in total. The molecular weight excluding hydrogens is 305 g/mol. The van der Waals surface area contributed by atoms with Crippen molar-refractivity contribution in [3.05, 3.63) is 12.2 Å². The van der Waals surface area contributed by atoms with Crippen molar-refractivity contribution in [1.29, 1.82) is 5.26 Å². The Morgan fingerprint density at radius 3 is 2.92 bits per heavy atom. The highest BCUT2D eigenvalue weighted by Crippen LogP contribution is 2.50. The van der Waals surface area contributed by atoms with Crippen LogP contribution in [0.2, 0.25) is 13.1 Å². The minimum absolute atomic E-state index is 0.0493. The van der Waals surface area contributed by atoms with Crippen LogP contribution in [0.5, 0.6) is 0 Å². The topological polar surface area (TPSA) is 82.4 Å². The lowest BCUT2D eigenvalue weighted by atomic mass is 9.51. The first kappa shape index (κ1) is 17.0. The van der Waals surface area contributed by atoms with Crippen LogP contribution in [0.25, 0.3) is 0 Å². The number of amides is 2. The number of rotatable bonds is 3. The molecule has 24 heavy (non-hydrogen) atoms. The molecular formula is C17H24BN3O3. The fraction of sp³-hybridized carbons (Fsp3) is 0.706. The monoisotopic (exact) mass is 329 g/mol. The maximum Gasteiger partial charge on any atom is 0.274 e. The minimum Gasteiger partial charge on any atom is -0.358 e. The van der Waals surface area contributed by atoms with Crippen LogP contribution in [0.15, 0.2) is 12.2 Å². The number of fused-ring (bicyclic) bond motifs is 1. The van der Waals surface area contributed by atoms with Crippen molar-refractivity contribution in [2.45, 2.75) is 64.1 Å². The SMILES string of the molecule is CB(C#N)CC(=O)N[C@H]1CCOC2CC3(CC=CC3)[C@@H](C)N2C1=O. The van der Waals surface area contributed by atoms with Crippen LogP contribution >= 0.6 is 0 Å². The van der Waals surface area contributed by atoms with E-state index in [1.165, 1.54) is 0 Å². The van der Waals surface area contributed by atoms with Gasteiger partial charge in [0.25, 0.3) is 6.71 Å². The van der Waals surface area contributed by atoms with Gasteiger partial charge in [-0.3, -0.25) is 9.59 Å². The number of carbonyl (C=O) groups excluding carboxylic acids is 2. The van der Waals surface area contributed by atoms with Gasteiger partial charge in [0.2, 0.25) is 11.8 Å². The van der Waals surface area contributed by atoms with E-state index in [9.17, 15) is 9.59 Å². The third kappa shape index (κ3) is 2.95. The standard InChI is InChI=1S/C17H24BN3O3/c1-12-17(6-3-4-7-17)9-15-21(12)16(23)13(5-8-24-15)20-14(22)10-18(2)11-19/h3-4,12-13,15H,5-10H2,1-2H3,(H,20,22)/t12-,13+,15?/m1/s1. The van der Waals surface area contributed by atoms with Gasteiger partial charge in [-0.25, -0.2) is 5.26 Å². The first-order chi connectivity index (χ1) is 11.5. The Morgan fingerprint density at radius 1 is 1.54 bits per heavy atom. The predicted octanol–water partition coefficient (Wildman–Crippen LogP) is 1.36. The molecule has 2 fully saturated rings. The Hall–Kier alpha value is -1.81. The van der Waals surface area contributed by atoms with Gasteiger partial charge in [-0.1, -0.05) is 19.0 Å². The van der Waals surface area contributed by atoms with Gasteiger partial charge in [0.1, 0.15) is 12.3 Å². The molecule has 2 heterocycles. The van der Waals surface area contributed by atoms with E-state index in [0.717, 1.165) is 19.3 Å². The summed E-state index contributed by atoms with van der Waals surface area (Å²) >= 11 is 0. The number of carbonyl (C=O) groups is 2. The van der Waals surface area contributed by atoms with E-state index in [0.29, 0.717) is 13.0 Å². The number of hydrogen-bond acceptors (Lipinski definition) is 4. The molecule has 0 aromatic carbocycles. The summed E-state index contributed by atoms with van der Waals surface area (Å²) in [6.07, 6.45) is 7.62. The summed E-state index contributed by atoms with van der Waals surface area (Å²) < 4.78 is 5.94. The third-order valence-corrected chi connectivity index (χ3v) is 5.73. The van der Waals surface area contributed by atoms with E-state index in [1.807, 2.05) is 10.9 Å². The zero-order valence-corrected chi connectivity index (χ0v) is 14.3. The molecule has 1 aliphatic carbocycles. The molecule has 128 valence electrons. The molecule has 0 saturated carbocycles. The fourth-order valence-corrected chi connectivity index (χ4v) is 4.20. The van der Waals surface area contributed by atoms with Crippen molar-refractivity contribution in [3.63, 3.8) is 0 Å². The van der Waals surface area contributed by atoms with Crippen LogP contribution < -0.4 is 5.32 Å². The zero-order chi connectivity index (χ0) is 17.3. The average Bonchev–Trinajstić information content (AvgIpc) is 3.08. The van der Waals surface area contributed by atoms with Crippen LogP contribution in [0.3, 0.4) is 0 Å². The molecule has 0 bridgehead atoms. The molecule has 3 atom stereocenters. The largest absolute Gasteiger partial charge is 0.358 e. The summed E-state index contributed by atoms with van der Waals surface area (Å²) in [6, 6.07) is -0.458. The molecule has 1 unspecified atom stereocenters. The Balaban J connectivity index is 1.71. The molecule has 0 aromatic rings. The second-order valence-corrected chi connectivity index (χ2v) is 7.34. The van der Waals surface area contributed by atoms with Gasteiger partial charge in [0.15, 0.2) is 0 Å². The average molecular weight is 329 g/mol. The normalized spacial score (nSPS) is 30.8. The first-order valence-corrected chi connectivity index (χ1v) is 8.74. The Bertz CT molecular complexity index is 592. The number of nitriles is 1. The lowest BCUT2D eigenvalue weighted by molar-refractivity contribution is -0.143. The number of nitrogens with one attached hydrogen (secondary N) is 1. The van der Waals surface area contributed by atoms with E-state index in [1.54, 1.807) is 6.82 Å². The minimum atomic E-state index is -0.555. The van der Waals surface area contributed by atoms with Gasteiger partial charge < -0.3 is 15.0 Å². The molecule has 0 radical (unpaired) electrons. The molecule has 3 aliphatic rings. The Kier molecular flexibility index (Phi) is 4.68. The summed E-state index contributed by atoms with van der Waals surface area (Å²) in [6.45, 7) is 3.90. The summed E-state index contributed by atoms with van der Waals surface area (Å²) in [7, 11) is 0. The Morgan fingerprint density at radius 2 is 2.25 bits per heavy atom. The van der Waals surface area contributed by atoms with Gasteiger partial charge in [-0.15, -0.1) is 0 Å². The second-order valence-electron chi connectivity index (χ2n) is 7.34. The number of ether oxygens (including phenoxy) is 1. The number of hydrogen-bond donors (Lipinski definition) is 1. The number of nitrogens with zero attached hydrogens (tertiary/aromatic N) is 2. The van der Waals surface area contributed by atoms with Crippen molar-refractivity contribution in [2.24, 2.45) is 5.41 Å². The van der Waals surface area contributed by atoms with Crippen LogP contribution in [0.4, 0.5) is 0 Å². The molecule has 7 heteroatoms. The lowest BCUT2D eigenvalue weighted by Crippen LogP contribution is -2.52. The van der Waals surface area contributed by atoms with Crippen LogP contribution in [-0.4, -0.2) is 48.3 Å². The van der Waals surface area contributed by atoms with Crippen molar-refractivity contribution < 1.29 is 14.3 Å². The van der Waals surface area contributed by atoms with E-state index < -0.39 is 6.04 Å². The van der Waals surface area contributed by atoms with Gasteiger partial charge in [0.05, 0.1) is 6.61 Å². The van der Waals surface area contributed by atoms with Gasteiger partial charge in [0, 0.05) is 36.6 Å². The molecule has 2 saturated heterocycles. The highest BCUT2D eigenvalue weighted by Gasteiger charge is 2.53. The van der Waals surface area contributed by atoms with Gasteiger partial charge >= 0.3 is 0 Å². The highest BCUT2D eigenvalue weighted by molar-refractivity contribution is 6.68. The third-order valence-electron chi connectivity index (χ3n) is 5.73. The summed E-state index contributed by atoms with van der Waals surface area (Å²) in [5.74, 6) is 1.75. The van der Waals surface area contributed by atoms with Gasteiger partial charge in [-0.2, -0.15) is 0 Å². The van der Waals surface area contributed by atoms with Crippen LogP contribution in [0.1, 0.15) is 32.6 Å². The van der Waals surface area contributed by atoms with Crippen molar-refractivity contribution in [2.75, 3.05) is 6.61 Å². The van der Waals surface area contributed by atoms with Crippen molar-refractivity contribution in [3.8, 4) is 5.97 Å². The Labute approximate surface area is 143 Å². The van der Waals surface area contributed by atoms with E-state index in [2.05, 4.69) is 24.4 Å². The maximum atomic E-state index is 13.0.